The average Bonchev–Trinajstić information content (AvgIpc) is 3.36. The molecule has 0 aliphatic heterocycles. The van der Waals surface area contributed by atoms with Crippen molar-refractivity contribution in [3.05, 3.63) is 85.9 Å². The smallest absolute Gasteiger partial charge is 0.317 e. The van der Waals surface area contributed by atoms with Crippen molar-refractivity contribution in [2.45, 2.75) is 0 Å². The van der Waals surface area contributed by atoms with Gasteiger partial charge in [0.2, 0.25) is 5.65 Å². The van der Waals surface area contributed by atoms with Crippen molar-refractivity contribution >= 4 is 22.4 Å². The lowest BCUT2D eigenvalue weighted by Gasteiger charge is -2.07. The standard InChI is InChI=1S/C18H11N7O4/c26-17-16-21-22-18(27)24(16)13-7-14(15(25(28)29)6-11(13)20-17)23-8-12(19-9-23)10-4-2-1-3-5-10/h1-9H,(H,20,26)(H,22,27). The molecule has 3 heterocycles. The third-order valence-electron chi connectivity index (χ3n) is 4.58. The van der Waals surface area contributed by atoms with Gasteiger partial charge in [-0.15, -0.1) is 5.10 Å². The molecule has 0 aliphatic carbocycles. The maximum Gasteiger partial charge on any atom is 0.348 e. The Balaban J connectivity index is 1.81. The third-order valence-corrected chi connectivity index (χ3v) is 4.58. The van der Waals surface area contributed by atoms with Gasteiger partial charge in [0.1, 0.15) is 12.0 Å². The second-order valence-electron chi connectivity index (χ2n) is 6.29. The number of nitrogens with one attached hydrogen (secondary N) is 2. The molecule has 29 heavy (non-hydrogen) atoms. The quantitative estimate of drug-likeness (QED) is 0.354. The fourth-order valence-corrected chi connectivity index (χ4v) is 3.27. The number of H-pyrrole nitrogens is 2. The highest BCUT2D eigenvalue weighted by atomic mass is 16.6. The van der Waals surface area contributed by atoms with Gasteiger partial charge in [0.05, 0.1) is 21.7 Å². The lowest BCUT2D eigenvalue weighted by Crippen LogP contribution is -2.17. The maximum atomic E-state index is 12.1. The fourth-order valence-electron chi connectivity index (χ4n) is 3.27. The summed E-state index contributed by atoms with van der Waals surface area (Å²) in [4.78, 5) is 42.2. The van der Waals surface area contributed by atoms with Crippen molar-refractivity contribution in [2.24, 2.45) is 0 Å². The van der Waals surface area contributed by atoms with E-state index in [4.69, 9.17) is 0 Å². The molecule has 0 saturated carbocycles. The Morgan fingerprint density at radius 3 is 2.66 bits per heavy atom. The Morgan fingerprint density at radius 2 is 1.90 bits per heavy atom. The number of benzene rings is 2. The number of aromatic nitrogens is 6. The van der Waals surface area contributed by atoms with Gasteiger partial charge >= 0.3 is 5.69 Å². The molecule has 0 radical (unpaired) electrons. The first-order valence-corrected chi connectivity index (χ1v) is 8.44. The number of nitro benzene ring substituents is 1. The molecule has 0 fully saturated rings. The summed E-state index contributed by atoms with van der Waals surface area (Å²) in [5.74, 6) is 0. The van der Waals surface area contributed by atoms with Crippen LogP contribution < -0.4 is 11.2 Å². The minimum absolute atomic E-state index is 0.127. The molecule has 0 atom stereocenters. The number of imidazole rings is 1. The van der Waals surface area contributed by atoms with Gasteiger partial charge in [-0.3, -0.25) is 19.5 Å². The molecule has 0 spiro atoms. The lowest BCUT2D eigenvalue weighted by molar-refractivity contribution is -0.384. The van der Waals surface area contributed by atoms with Crippen LogP contribution in [0.15, 0.2) is 64.6 Å². The number of nitrogens with zero attached hydrogens (tertiary/aromatic N) is 5. The van der Waals surface area contributed by atoms with Crippen molar-refractivity contribution in [1.29, 1.82) is 0 Å². The highest BCUT2D eigenvalue weighted by molar-refractivity contribution is 5.84. The summed E-state index contributed by atoms with van der Waals surface area (Å²) in [6.07, 6.45) is 3.11. The summed E-state index contributed by atoms with van der Waals surface area (Å²) in [6, 6.07) is 12.0. The van der Waals surface area contributed by atoms with Gasteiger partial charge in [-0.1, -0.05) is 30.3 Å². The highest BCUT2D eigenvalue weighted by Crippen LogP contribution is 2.29. The van der Waals surface area contributed by atoms with E-state index in [0.29, 0.717) is 5.69 Å². The molecule has 0 amide bonds. The Hall–Kier alpha value is -4.54. The topological polar surface area (TPSA) is 144 Å². The molecule has 3 aromatic heterocycles. The SMILES string of the molecule is O=c1[nH]c2cc([N+](=O)[O-])c(-n3cnc(-c4ccccc4)c3)cc2n2c(=O)[nH]nc12. The number of rotatable bonds is 3. The van der Waals surface area contributed by atoms with Crippen LogP contribution in [0.1, 0.15) is 0 Å². The van der Waals surface area contributed by atoms with E-state index < -0.39 is 16.2 Å². The maximum absolute atomic E-state index is 12.1. The first kappa shape index (κ1) is 16.6. The van der Waals surface area contributed by atoms with Crippen molar-refractivity contribution in [3.63, 3.8) is 0 Å². The molecule has 2 aromatic carbocycles. The van der Waals surface area contributed by atoms with Gasteiger partial charge in [0, 0.05) is 17.8 Å². The molecular weight excluding hydrogens is 378 g/mol. The number of aromatic amines is 2. The van der Waals surface area contributed by atoms with Crippen LogP contribution in [-0.2, 0) is 0 Å². The van der Waals surface area contributed by atoms with Crippen LogP contribution in [0.5, 0.6) is 0 Å². The van der Waals surface area contributed by atoms with Crippen LogP contribution in [0, 0.1) is 10.1 Å². The van der Waals surface area contributed by atoms with E-state index in [1.54, 1.807) is 6.20 Å². The molecule has 0 aliphatic rings. The molecule has 2 N–H and O–H groups in total. The molecule has 11 nitrogen and oxygen atoms in total. The molecule has 11 heteroatoms. The predicted molar refractivity (Wildman–Crippen MR) is 103 cm³/mol. The summed E-state index contributed by atoms with van der Waals surface area (Å²) in [6.45, 7) is 0. The molecule has 0 unspecified atom stereocenters. The van der Waals surface area contributed by atoms with Crippen molar-refractivity contribution in [2.75, 3.05) is 0 Å². The number of nitro groups is 1. The Bertz CT molecular complexity index is 1530. The molecule has 142 valence electrons. The van der Waals surface area contributed by atoms with Gasteiger partial charge in [-0.25, -0.2) is 19.3 Å². The first-order chi connectivity index (χ1) is 14.0. The molecule has 0 bridgehead atoms. The van der Waals surface area contributed by atoms with E-state index in [9.17, 15) is 19.7 Å². The average molecular weight is 389 g/mol. The third kappa shape index (κ3) is 2.52. The van der Waals surface area contributed by atoms with Crippen LogP contribution in [0.3, 0.4) is 0 Å². The summed E-state index contributed by atoms with van der Waals surface area (Å²) < 4.78 is 2.58. The monoisotopic (exact) mass is 389 g/mol. The highest BCUT2D eigenvalue weighted by Gasteiger charge is 2.21. The van der Waals surface area contributed by atoms with E-state index >= 15 is 0 Å². The molecule has 5 aromatic rings. The fraction of sp³-hybridized carbons (Fsp3) is 0. The number of fused-ring (bicyclic) bond motifs is 3. The summed E-state index contributed by atoms with van der Waals surface area (Å²) in [5, 5.41) is 17.6. The van der Waals surface area contributed by atoms with Gasteiger partial charge in [0.25, 0.3) is 11.2 Å². The predicted octanol–water partition coefficient (Wildman–Crippen LogP) is 1.62. The lowest BCUT2D eigenvalue weighted by atomic mass is 10.2. The Morgan fingerprint density at radius 1 is 1.10 bits per heavy atom. The minimum Gasteiger partial charge on any atom is -0.317 e. The van der Waals surface area contributed by atoms with Crippen molar-refractivity contribution in [1.82, 2.24) is 29.1 Å². The zero-order valence-corrected chi connectivity index (χ0v) is 14.6. The second kappa shape index (κ2) is 5.99. The van der Waals surface area contributed by atoms with Crippen LogP contribution in [0.2, 0.25) is 0 Å². The first-order valence-electron chi connectivity index (χ1n) is 8.44. The van der Waals surface area contributed by atoms with Gasteiger partial charge in [0.15, 0.2) is 0 Å². The summed E-state index contributed by atoms with van der Waals surface area (Å²) >= 11 is 0. The van der Waals surface area contributed by atoms with E-state index in [0.717, 1.165) is 9.96 Å². The minimum atomic E-state index is -0.633. The summed E-state index contributed by atoms with van der Waals surface area (Å²) in [7, 11) is 0. The van der Waals surface area contributed by atoms with Crippen LogP contribution in [-0.4, -0.2) is 34.1 Å². The van der Waals surface area contributed by atoms with Gasteiger partial charge in [-0.05, 0) is 6.07 Å². The molecule has 5 rings (SSSR count). The van der Waals surface area contributed by atoms with E-state index in [1.165, 1.54) is 23.0 Å². The molecular formula is C18H11N7O4. The normalized spacial score (nSPS) is 11.3. The zero-order chi connectivity index (χ0) is 20.1. The molecule has 0 saturated heterocycles. The van der Waals surface area contributed by atoms with Crippen molar-refractivity contribution < 1.29 is 4.92 Å². The Kier molecular flexibility index (Phi) is 3.43. The Labute approximate surface area is 160 Å². The second-order valence-corrected chi connectivity index (χ2v) is 6.29. The van der Waals surface area contributed by atoms with Crippen LogP contribution in [0.25, 0.3) is 33.6 Å². The number of hydrogen-bond acceptors (Lipinski definition) is 6. The zero-order valence-electron chi connectivity index (χ0n) is 14.6. The van der Waals surface area contributed by atoms with Gasteiger partial charge in [-0.2, -0.15) is 0 Å². The number of hydrogen-bond donors (Lipinski definition) is 2. The van der Waals surface area contributed by atoms with E-state index in [-0.39, 0.29) is 28.1 Å². The van der Waals surface area contributed by atoms with Gasteiger partial charge < -0.3 is 4.98 Å². The van der Waals surface area contributed by atoms with E-state index in [2.05, 4.69) is 20.2 Å². The largest absolute Gasteiger partial charge is 0.348 e. The van der Waals surface area contributed by atoms with Crippen LogP contribution >= 0.6 is 0 Å². The van der Waals surface area contributed by atoms with E-state index in [1.807, 2.05) is 30.3 Å². The van der Waals surface area contributed by atoms with Crippen molar-refractivity contribution in [3.8, 4) is 16.9 Å². The van der Waals surface area contributed by atoms with Crippen LogP contribution in [0.4, 0.5) is 5.69 Å². The summed E-state index contributed by atoms with van der Waals surface area (Å²) in [5.41, 5.74) is 0.467.